The minimum absolute atomic E-state index is 0.0218. The highest BCUT2D eigenvalue weighted by atomic mass is 32.3. The Morgan fingerprint density at radius 2 is 1.39 bits per heavy atom. The molecule has 5 saturated heterocycles. The van der Waals surface area contributed by atoms with Crippen molar-refractivity contribution in [3.05, 3.63) is 23.8 Å². The third kappa shape index (κ3) is 12.4. The van der Waals surface area contributed by atoms with Crippen LogP contribution in [0.15, 0.2) is 23.8 Å². The van der Waals surface area contributed by atoms with Crippen LogP contribution in [0.25, 0.3) is 0 Å². The largest absolute Gasteiger partial charge is 0.462 e. The van der Waals surface area contributed by atoms with E-state index in [1.165, 1.54) is 19.4 Å². The number of esters is 2. The monoisotopic (exact) mass is 1260 g/mol. The molecule has 28 nitrogen and oxygen atoms in total. The number of rotatable bonds is 19. The molecule has 8 fully saturated rings. The smallest absolute Gasteiger partial charge is 0.397 e. The summed E-state index contributed by atoms with van der Waals surface area (Å²) in [5.74, 6) is -1.05. The second-order valence-electron chi connectivity index (χ2n) is 26.1. The molecule has 4 aliphatic carbocycles. The second kappa shape index (κ2) is 24.6. The van der Waals surface area contributed by atoms with Crippen LogP contribution in [0, 0.1) is 39.4 Å². The molecule has 0 radical (unpaired) electrons. The molecular formula is C55H86O28S2. The van der Waals surface area contributed by atoms with Crippen LogP contribution in [0.2, 0.25) is 0 Å². The van der Waals surface area contributed by atoms with Gasteiger partial charge < -0.3 is 87.9 Å². The van der Waals surface area contributed by atoms with E-state index in [1.54, 1.807) is 0 Å². The van der Waals surface area contributed by atoms with Gasteiger partial charge in [-0.25, -0.2) is 8.37 Å². The van der Waals surface area contributed by atoms with E-state index in [0.717, 1.165) is 25.5 Å². The summed E-state index contributed by atoms with van der Waals surface area (Å²) in [7, 11) is -9.10. The van der Waals surface area contributed by atoms with Crippen molar-refractivity contribution < 1.29 is 132 Å². The van der Waals surface area contributed by atoms with Crippen LogP contribution in [-0.4, -0.2) is 229 Å². The standard InChI is InChI=1S/C55H86O28S2/c1-24(2)12-11-17-54(9)45-30(76-26(4)56)20-53(8)28-13-14-33-51(5,6)34(16-18-52(33,7)27(28)15-19-55(45,53)50(64)82-54)78-49-44(36(59)32(22-73-49)83-85(68,69)70)81-47-38(61)37(60)41(25(3)75-47)79-46-39(62)42(29(57)21-72-46)80-48-40(63)43(71-10)35(58)31(77-48)23-74-84(65,66)67/h13,25,27,29-49,57-63H,1,11-12,14-23H2,2-10H3,(H,65,66,67)(H,68,69,70)/t25-,27-,29-,30+,31-,32-,33+,34+,35-,36+,37-,38-,39-,40-,41-,42+,43+,44-,45-,46+,47+,48+,49+,52-,53+,54+,55-/m1/s1. The number of cyclic esters (lactones) is 1. The zero-order chi connectivity index (χ0) is 62.5. The first kappa shape index (κ1) is 66.9. The Labute approximate surface area is 494 Å². The van der Waals surface area contributed by atoms with Gasteiger partial charge in [0.25, 0.3) is 0 Å². The van der Waals surface area contributed by atoms with E-state index < -0.39 is 191 Å². The Bertz CT molecular complexity index is 2710. The Morgan fingerprint density at radius 1 is 0.741 bits per heavy atom. The number of fused-ring (bicyclic) bond motifs is 4. The Morgan fingerprint density at radius 3 is 2.04 bits per heavy atom. The summed E-state index contributed by atoms with van der Waals surface area (Å²) < 4.78 is 140. The highest BCUT2D eigenvalue weighted by molar-refractivity contribution is 7.81. The van der Waals surface area contributed by atoms with Crippen LogP contribution in [0.3, 0.4) is 0 Å². The van der Waals surface area contributed by atoms with E-state index in [0.29, 0.717) is 44.9 Å². The number of allylic oxidation sites excluding steroid dienone is 3. The molecule has 5 aliphatic heterocycles. The number of carbonyl (C=O) groups is 2. The maximum absolute atomic E-state index is 14.7. The molecule has 0 bridgehead atoms. The number of hydrogen-bond acceptors (Lipinski definition) is 26. The van der Waals surface area contributed by atoms with Crippen LogP contribution < -0.4 is 0 Å². The molecule has 3 saturated carbocycles. The number of hydrogen-bond donors (Lipinski definition) is 9. The minimum Gasteiger partial charge on any atom is -0.462 e. The van der Waals surface area contributed by atoms with E-state index in [1.807, 2.05) is 13.8 Å². The summed E-state index contributed by atoms with van der Waals surface area (Å²) in [4.78, 5) is 27.4. The van der Waals surface area contributed by atoms with Gasteiger partial charge in [-0.2, -0.15) is 16.8 Å². The van der Waals surface area contributed by atoms with Gasteiger partial charge in [0.05, 0.1) is 43.4 Å². The molecule has 27 atom stereocenters. The lowest BCUT2D eigenvalue weighted by atomic mass is 9.41. The van der Waals surface area contributed by atoms with Crippen molar-refractivity contribution in [3.63, 3.8) is 0 Å². The molecule has 1 spiro atoms. The van der Waals surface area contributed by atoms with E-state index in [-0.39, 0.29) is 29.1 Å². The molecule has 0 unspecified atom stereocenters. The van der Waals surface area contributed by atoms with Gasteiger partial charge in [-0.05, 0) is 101 Å². The van der Waals surface area contributed by atoms with Gasteiger partial charge in [0.15, 0.2) is 25.2 Å². The molecule has 30 heteroatoms. The number of methoxy groups -OCH3 is 1. The fourth-order valence-electron chi connectivity index (χ4n) is 16.5. The first-order valence-corrected chi connectivity index (χ1v) is 31.7. The van der Waals surface area contributed by atoms with Gasteiger partial charge in [-0.15, -0.1) is 6.58 Å². The third-order valence-electron chi connectivity index (χ3n) is 20.4. The van der Waals surface area contributed by atoms with Crippen LogP contribution in [0.5, 0.6) is 0 Å². The van der Waals surface area contributed by atoms with Crippen molar-refractivity contribution in [2.75, 3.05) is 26.9 Å². The van der Waals surface area contributed by atoms with Crippen molar-refractivity contribution in [2.45, 2.75) is 242 Å². The van der Waals surface area contributed by atoms with E-state index in [4.69, 9.17) is 60.8 Å². The highest BCUT2D eigenvalue weighted by Gasteiger charge is 2.79. The van der Waals surface area contributed by atoms with Crippen LogP contribution in [-0.2, 0) is 90.9 Å². The quantitative estimate of drug-likeness (QED) is 0.0481. The lowest BCUT2D eigenvalue weighted by molar-refractivity contribution is -0.382. The molecule has 9 aliphatic rings. The van der Waals surface area contributed by atoms with Crippen molar-refractivity contribution >= 4 is 32.7 Å². The van der Waals surface area contributed by atoms with Crippen LogP contribution >= 0.6 is 0 Å². The Kier molecular flexibility index (Phi) is 19.4. The average Bonchev–Trinajstić information content (AvgIpc) is 1.53. The van der Waals surface area contributed by atoms with Gasteiger partial charge in [-0.3, -0.25) is 18.7 Å². The van der Waals surface area contributed by atoms with Crippen molar-refractivity contribution in [1.29, 1.82) is 0 Å². The zero-order valence-corrected chi connectivity index (χ0v) is 50.8. The molecule has 486 valence electrons. The number of aliphatic hydroxyl groups excluding tert-OH is 7. The van der Waals surface area contributed by atoms with Gasteiger partial charge in [0.2, 0.25) is 0 Å². The van der Waals surface area contributed by atoms with Gasteiger partial charge in [0.1, 0.15) is 91.1 Å². The SMILES string of the molecule is C=C(C)CCC[C@]1(C)OC(=O)[C@]23CC[C@@H]4C(=CC[C@H]5C(C)(C)[C@@H](O[C@@H]6OC[C@@H](OS(=O)(=O)O)[C@H](O)[C@H]6O[C@@H]6O[C@H](C)[C@@H](O[C@@H]7OC[C@@H](O)[C@H](O[C@@H]8O[C@H](COS(=O)(=O)O)[C@@H](O)[C@H](OC)[C@H]8O)[C@H]7O)[C@H](O)[C@H]6O)CC[C@]45C)[C@]2(C)C[C@H](OC(C)=O)[C@@H]31. The van der Waals surface area contributed by atoms with Gasteiger partial charge in [0, 0.05) is 19.4 Å². The summed E-state index contributed by atoms with van der Waals surface area (Å²) in [6.45, 7) is 17.2. The van der Waals surface area contributed by atoms with E-state index in [2.05, 4.69) is 44.5 Å². The first-order valence-electron chi connectivity index (χ1n) is 29.0. The molecule has 9 N–H and O–H groups in total. The first-order chi connectivity index (χ1) is 39.5. The van der Waals surface area contributed by atoms with Crippen molar-refractivity contribution in [3.8, 4) is 0 Å². The summed E-state index contributed by atoms with van der Waals surface area (Å²) >= 11 is 0. The summed E-state index contributed by atoms with van der Waals surface area (Å²) in [5.41, 5.74) is -1.28. The topological polar surface area (TPSA) is 404 Å². The fourth-order valence-corrected chi connectivity index (χ4v) is 17.3. The van der Waals surface area contributed by atoms with Crippen molar-refractivity contribution in [1.82, 2.24) is 0 Å². The summed E-state index contributed by atoms with van der Waals surface area (Å²) in [6, 6.07) is 0. The van der Waals surface area contributed by atoms with E-state index >= 15 is 0 Å². The number of carbonyl (C=O) groups excluding carboxylic acids is 2. The average molecular weight is 1260 g/mol. The Balaban J connectivity index is 0.898. The maximum atomic E-state index is 14.7. The van der Waals surface area contributed by atoms with Crippen LogP contribution in [0.1, 0.15) is 113 Å². The lowest BCUT2D eigenvalue weighted by Gasteiger charge is -2.64. The fraction of sp³-hybridized carbons (Fsp3) is 0.891. The molecule has 9 rings (SSSR count). The molecule has 85 heavy (non-hydrogen) atoms. The van der Waals surface area contributed by atoms with Crippen LogP contribution in [0.4, 0.5) is 0 Å². The lowest BCUT2D eigenvalue weighted by Crippen LogP contribution is -2.65. The molecule has 0 amide bonds. The molecule has 0 aromatic carbocycles. The summed E-state index contributed by atoms with van der Waals surface area (Å²) in [5, 5.41) is 79.1. The third-order valence-corrected chi connectivity index (χ3v) is 21.4. The molecule has 5 heterocycles. The highest BCUT2D eigenvalue weighted by Crippen LogP contribution is 2.77. The second-order valence-corrected chi connectivity index (χ2v) is 28.3. The molecule has 0 aromatic heterocycles. The minimum atomic E-state index is -5.19. The predicted molar refractivity (Wildman–Crippen MR) is 286 cm³/mol. The number of aliphatic hydroxyl groups is 7. The predicted octanol–water partition coefficient (Wildman–Crippen LogP) is 0.447. The van der Waals surface area contributed by atoms with Crippen molar-refractivity contribution in [2.24, 2.45) is 39.4 Å². The Hall–Kier alpha value is -2.48. The molecule has 0 aromatic rings. The van der Waals surface area contributed by atoms with Gasteiger partial charge >= 0.3 is 32.7 Å². The van der Waals surface area contributed by atoms with E-state index in [9.17, 15) is 66.7 Å². The zero-order valence-electron chi connectivity index (χ0n) is 49.1. The normalized spacial score (nSPS) is 48.0. The summed E-state index contributed by atoms with van der Waals surface area (Å²) in [6.07, 6.45) is -24.6. The number of ether oxygens (including phenoxy) is 11. The maximum Gasteiger partial charge on any atom is 0.397 e. The van der Waals surface area contributed by atoms with Gasteiger partial charge in [-0.1, -0.05) is 44.9 Å². The molecular weight excluding hydrogens is 1170 g/mol.